The molecule has 0 unspecified atom stereocenters. The van der Waals surface area contributed by atoms with Crippen LogP contribution in [0.1, 0.15) is 33.7 Å². The normalized spacial score (nSPS) is 13.6. The summed E-state index contributed by atoms with van der Waals surface area (Å²) in [5.74, 6) is -0.0881. The molecular weight excluding hydrogens is 256 g/mol. The first-order valence-corrected chi connectivity index (χ1v) is 6.42. The van der Waals surface area contributed by atoms with Gasteiger partial charge in [0, 0.05) is 5.56 Å². The van der Waals surface area contributed by atoms with E-state index < -0.39 is 0 Å². The molecule has 1 amide bonds. The highest BCUT2D eigenvalue weighted by Crippen LogP contribution is 2.22. The maximum absolute atomic E-state index is 12.0. The van der Waals surface area contributed by atoms with Gasteiger partial charge in [-0.15, -0.1) is 0 Å². The fraction of sp³-hybridized carbons (Fsp3) is 0.214. The van der Waals surface area contributed by atoms with Crippen molar-refractivity contribution in [2.45, 2.75) is 19.3 Å². The van der Waals surface area contributed by atoms with Crippen LogP contribution in [0.5, 0.6) is 5.75 Å². The Morgan fingerprint density at radius 1 is 1.35 bits per heavy atom. The van der Waals surface area contributed by atoms with Gasteiger partial charge >= 0.3 is 0 Å². The molecule has 0 fully saturated rings. The summed E-state index contributed by atoms with van der Waals surface area (Å²) in [6, 6.07) is 6.54. The van der Waals surface area contributed by atoms with Crippen molar-refractivity contribution >= 4 is 12.1 Å². The number of amides is 1. The summed E-state index contributed by atoms with van der Waals surface area (Å²) in [6.07, 6.45) is 4.38. The summed E-state index contributed by atoms with van der Waals surface area (Å²) in [6.45, 7) is 0. The summed E-state index contributed by atoms with van der Waals surface area (Å²) < 4.78 is 0. The standard InChI is InChI=1S/C14H14N4O2/c19-10-6-4-9(5-7-10)8-15-18-14(20)13-11-2-1-3-12(11)16-17-13/h4-8,19H,1-3H2,(H,16,17)(H,18,20)/b15-8+. The molecule has 1 heterocycles. The molecule has 0 atom stereocenters. The number of phenols is 1. The average Bonchev–Trinajstić information content (AvgIpc) is 3.03. The van der Waals surface area contributed by atoms with Crippen LogP contribution in [0.25, 0.3) is 0 Å². The van der Waals surface area contributed by atoms with E-state index in [1.54, 1.807) is 24.3 Å². The van der Waals surface area contributed by atoms with Gasteiger partial charge in [0.05, 0.1) is 11.9 Å². The number of fused-ring (bicyclic) bond motifs is 1. The molecule has 0 radical (unpaired) electrons. The molecule has 0 spiro atoms. The third-order valence-electron chi connectivity index (χ3n) is 3.29. The molecule has 0 aliphatic heterocycles. The van der Waals surface area contributed by atoms with E-state index in [0.717, 1.165) is 36.1 Å². The first kappa shape index (κ1) is 12.4. The Labute approximate surface area is 115 Å². The smallest absolute Gasteiger partial charge is 0.289 e. The van der Waals surface area contributed by atoms with Crippen LogP contribution >= 0.6 is 0 Å². The Kier molecular flexibility index (Phi) is 3.20. The number of H-pyrrole nitrogens is 1. The predicted octanol–water partition coefficient (Wildman–Crippen LogP) is 1.37. The van der Waals surface area contributed by atoms with Gasteiger partial charge in [-0.25, -0.2) is 5.43 Å². The lowest BCUT2D eigenvalue weighted by molar-refractivity contribution is 0.0949. The molecule has 0 saturated heterocycles. The zero-order valence-corrected chi connectivity index (χ0v) is 10.8. The van der Waals surface area contributed by atoms with E-state index in [-0.39, 0.29) is 11.7 Å². The summed E-state index contributed by atoms with van der Waals surface area (Å²) in [5, 5.41) is 19.9. The molecule has 6 nitrogen and oxygen atoms in total. The quantitative estimate of drug-likeness (QED) is 0.581. The van der Waals surface area contributed by atoms with Crippen LogP contribution in [-0.4, -0.2) is 27.4 Å². The molecule has 1 aromatic heterocycles. The number of aryl methyl sites for hydroxylation is 1. The van der Waals surface area contributed by atoms with Crippen molar-refractivity contribution in [1.82, 2.24) is 15.6 Å². The molecule has 1 aliphatic carbocycles. The topological polar surface area (TPSA) is 90.4 Å². The average molecular weight is 270 g/mol. The van der Waals surface area contributed by atoms with Crippen molar-refractivity contribution in [3.63, 3.8) is 0 Å². The number of hydrogen-bond donors (Lipinski definition) is 3. The molecule has 0 bridgehead atoms. The van der Waals surface area contributed by atoms with Crippen LogP contribution in [0.4, 0.5) is 0 Å². The lowest BCUT2D eigenvalue weighted by atomic mass is 10.2. The molecule has 3 rings (SSSR count). The Morgan fingerprint density at radius 2 is 2.15 bits per heavy atom. The molecule has 2 aromatic rings. The number of carbonyl (C=O) groups excluding carboxylic acids is 1. The predicted molar refractivity (Wildman–Crippen MR) is 73.8 cm³/mol. The van der Waals surface area contributed by atoms with E-state index in [4.69, 9.17) is 5.11 Å². The number of aromatic hydroxyl groups is 1. The molecule has 6 heteroatoms. The summed E-state index contributed by atoms with van der Waals surface area (Å²) in [7, 11) is 0. The molecule has 1 aromatic carbocycles. The lowest BCUT2D eigenvalue weighted by Gasteiger charge is -1.99. The summed E-state index contributed by atoms with van der Waals surface area (Å²) in [5.41, 5.74) is 5.75. The number of hydrazone groups is 1. The second kappa shape index (κ2) is 5.16. The van der Waals surface area contributed by atoms with Crippen molar-refractivity contribution in [2.75, 3.05) is 0 Å². The minimum absolute atomic E-state index is 0.194. The van der Waals surface area contributed by atoms with E-state index in [1.807, 2.05) is 0 Å². The van der Waals surface area contributed by atoms with E-state index >= 15 is 0 Å². The second-order valence-electron chi connectivity index (χ2n) is 4.67. The van der Waals surface area contributed by atoms with Gasteiger partial charge in [0.1, 0.15) is 11.4 Å². The zero-order valence-electron chi connectivity index (χ0n) is 10.8. The molecule has 0 saturated carbocycles. The van der Waals surface area contributed by atoms with Crippen molar-refractivity contribution in [1.29, 1.82) is 0 Å². The minimum Gasteiger partial charge on any atom is -0.508 e. The third-order valence-corrected chi connectivity index (χ3v) is 3.29. The van der Waals surface area contributed by atoms with Crippen molar-refractivity contribution in [3.05, 3.63) is 46.8 Å². The van der Waals surface area contributed by atoms with Gasteiger partial charge in [-0.05, 0) is 49.1 Å². The molecule has 3 N–H and O–H groups in total. The van der Waals surface area contributed by atoms with Gasteiger partial charge in [-0.2, -0.15) is 10.2 Å². The third kappa shape index (κ3) is 2.40. The highest BCUT2D eigenvalue weighted by Gasteiger charge is 2.22. The second-order valence-corrected chi connectivity index (χ2v) is 4.67. The Morgan fingerprint density at radius 3 is 2.95 bits per heavy atom. The summed E-state index contributed by atoms with van der Waals surface area (Å²) in [4.78, 5) is 12.0. The fourth-order valence-corrected chi connectivity index (χ4v) is 2.28. The molecule has 1 aliphatic rings. The number of aromatic amines is 1. The van der Waals surface area contributed by atoms with Crippen LogP contribution in [-0.2, 0) is 12.8 Å². The van der Waals surface area contributed by atoms with Crippen LogP contribution < -0.4 is 5.43 Å². The summed E-state index contributed by atoms with van der Waals surface area (Å²) >= 11 is 0. The number of hydrogen-bond acceptors (Lipinski definition) is 4. The van der Waals surface area contributed by atoms with Crippen LogP contribution in [0.2, 0.25) is 0 Å². The van der Waals surface area contributed by atoms with E-state index in [2.05, 4.69) is 20.7 Å². The van der Waals surface area contributed by atoms with Gasteiger partial charge in [-0.3, -0.25) is 9.89 Å². The number of carbonyl (C=O) groups is 1. The number of nitrogens with zero attached hydrogens (tertiary/aromatic N) is 2. The first-order valence-electron chi connectivity index (χ1n) is 6.42. The van der Waals surface area contributed by atoms with Gasteiger partial charge < -0.3 is 5.11 Å². The molecule has 20 heavy (non-hydrogen) atoms. The monoisotopic (exact) mass is 270 g/mol. The Balaban J connectivity index is 1.66. The zero-order chi connectivity index (χ0) is 13.9. The Hall–Kier alpha value is -2.63. The van der Waals surface area contributed by atoms with Gasteiger partial charge in [-0.1, -0.05) is 0 Å². The number of aromatic nitrogens is 2. The minimum atomic E-state index is -0.282. The highest BCUT2D eigenvalue weighted by molar-refractivity contribution is 5.94. The van der Waals surface area contributed by atoms with Crippen molar-refractivity contribution in [3.8, 4) is 5.75 Å². The number of nitrogens with one attached hydrogen (secondary N) is 2. The van der Waals surface area contributed by atoms with Crippen LogP contribution in [0.3, 0.4) is 0 Å². The van der Waals surface area contributed by atoms with Gasteiger partial charge in [0.2, 0.25) is 0 Å². The highest BCUT2D eigenvalue weighted by atomic mass is 16.3. The first-order chi connectivity index (χ1) is 9.74. The number of benzene rings is 1. The lowest BCUT2D eigenvalue weighted by Crippen LogP contribution is -2.19. The number of rotatable bonds is 3. The van der Waals surface area contributed by atoms with Gasteiger partial charge in [0.25, 0.3) is 5.91 Å². The van der Waals surface area contributed by atoms with E-state index in [0.29, 0.717) is 5.69 Å². The van der Waals surface area contributed by atoms with Crippen LogP contribution in [0, 0.1) is 0 Å². The van der Waals surface area contributed by atoms with Crippen molar-refractivity contribution < 1.29 is 9.90 Å². The van der Waals surface area contributed by atoms with E-state index in [1.165, 1.54) is 6.21 Å². The molecule has 102 valence electrons. The Bertz CT molecular complexity index is 658. The fourth-order valence-electron chi connectivity index (χ4n) is 2.28. The SMILES string of the molecule is O=C(N/N=C/c1ccc(O)cc1)c1[nH]nc2c1CCC2. The van der Waals surface area contributed by atoms with Crippen LogP contribution in [0.15, 0.2) is 29.4 Å². The van der Waals surface area contributed by atoms with Gasteiger partial charge in [0.15, 0.2) is 0 Å². The largest absolute Gasteiger partial charge is 0.508 e. The van der Waals surface area contributed by atoms with E-state index in [9.17, 15) is 4.79 Å². The van der Waals surface area contributed by atoms with Crippen molar-refractivity contribution in [2.24, 2.45) is 5.10 Å². The number of phenolic OH excluding ortho intramolecular Hbond substituents is 1. The molecular formula is C14H14N4O2. The maximum atomic E-state index is 12.0. The maximum Gasteiger partial charge on any atom is 0.289 e.